The number of carbonyl (C=O) groups is 1. The molecule has 2 aromatic rings. The van der Waals surface area contributed by atoms with Gasteiger partial charge in [0.15, 0.2) is 5.58 Å². The number of hydrogen-bond acceptors (Lipinski definition) is 6. The molecule has 9 nitrogen and oxygen atoms in total. The Morgan fingerprint density at radius 1 is 1.44 bits per heavy atom. The molecule has 0 aliphatic carbocycles. The van der Waals surface area contributed by atoms with Gasteiger partial charge in [0, 0.05) is 39.2 Å². The van der Waals surface area contributed by atoms with E-state index in [0.717, 1.165) is 0 Å². The molecule has 0 radical (unpaired) electrons. The summed E-state index contributed by atoms with van der Waals surface area (Å²) in [6.45, 7) is 1.65. The minimum Gasteiger partial charge on any atom is -0.407 e. The van der Waals surface area contributed by atoms with Crippen molar-refractivity contribution in [2.24, 2.45) is 0 Å². The highest BCUT2D eigenvalue weighted by Gasteiger charge is 2.14. The number of aromatic nitrogens is 1. The number of carbonyl (C=O) groups excluding carboxylic acids is 1. The molecule has 0 aliphatic rings. The highest BCUT2D eigenvalue weighted by atomic mass is 35.5. The van der Waals surface area contributed by atoms with E-state index < -0.39 is 10.7 Å². The SMILES string of the molecule is CNCCN(C)C(=O)CCCn1c(=O)oc2cc([N+](=O)[O-])ccc21.Cl. The first-order chi connectivity index (χ1) is 11.4. The maximum absolute atomic E-state index is 12.0. The predicted octanol–water partition coefficient (Wildman–Crippen LogP) is 1.38. The van der Waals surface area contributed by atoms with Gasteiger partial charge in [0.25, 0.3) is 5.69 Å². The minimum absolute atomic E-state index is 0. The van der Waals surface area contributed by atoms with Gasteiger partial charge in [-0.3, -0.25) is 19.5 Å². The van der Waals surface area contributed by atoms with Crippen molar-refractivity contribution in [2.75, 3.05) is 27.2 Å². The first kappa shape index (κ1) is 20.7. The van der Waals surface area contributed by atoms with E-state index in [1.807, 2.05) is 7.05 Å². The Balaban J connectivity index is 0.00000312. The van der Waals surface area contributed by atoms with E-state index >= 15 is 0 Å². The number of likely N-dealkylation sites (N-methyl/N-ethyl adjacent to an activating group) is 2. The maximum Gasteiger partial charge on any atom is 0.419 e. The summed E-state index contributed by atoms with van der Waals surface area (Å²) in [6, 6.07) is 4.04. The number of nitrogens with one attached hydrogen (secondary N) is 1. The fourth-order valence-electron chi connectivity index (χ4n) is 2.36. The number of aryl methyl sites for hydroxylation is 1. The van der Waals surface area contributed by atoms with Gasteiger partial charge in [0.1, 0.15) is 0 Å². The number of nitro groups is 1. The van der Waals surface area contributed by atoms with Crippen LogP contribution in [-0.4, -0.2) is 47.5 Å². The Bertz CT molecular complexity index is 801. The Kier molecular flexibility index (Phi) is 7.59. The van der Waals surface area contributed by atoms with Crippen LogP contribution in [-0.2, 0) is 11.3 Å². The Morgan fingerprint density at radius 3 is 2.80 bits per heavy atom. The lowest BCUT2D eigenvalue weighted by Crippen LogP contribution is -2.32. The van der Waals surface area contributed by atoms with Crippen LogP contribution in [0.3, 0.4) is 0 Å². The van der Waals surface area contributed by atoms with Crippen LogP contribution >= 0.6 is 12.4 Å². The molecule has 1 heterocycles. The van der Waals surface area contributed by atoms with E-state index in [9.17, 15) is 19.7 Å². The Morgan fingerprint density at radius 2 is 2.16 bits per heavy atom. The zero-order valence-corrected chi connectivity index (χ0v) is 14.9. The second-order valence-electron chi connectivity index (χ2n) is 5.45. The summed E-state index contributed by atoms with van der Waals surface area (Å²) in [5, 5.41) is 13.7. The Labute approximate surface area is 150 Å². The van der Waals surface area contributed by atoms with Crippen molar-refractivity contribution < 1.29 is 14.1 Å². The average Bonchev–Trinajstić information content (AvgIpc) is 2.87. The summed E-state index contributed by atoms with van der Waals surface area (Å²) < 4.78 is 6.44. The van der Waals surface area contributed by atoms with Crippen LogP contribution in [0.15, 0.2) is 27.4 Å². The normalized spacial score (nSPS) is 10.5. The number of nitrogens with zero attached hydrogens (tertiary/aromatic N) is 3. The summed E-state index contributed by atoms with van der Waals surface area (Å²) in [5.74, 6) is -0.580. The molecule has 1 N–H and O–H groups in total. The molecule has 0 saturated carbocycles. The number of rotatable bonds is 8. The first-order valence-corrected chi connectivity index (χ1v) is 7.60. The quantitative estimate of drug-likeness (QED) is 0.553. The topological polar surface area (TPSA) is 111 Å². The molecule has 1 aromatic carbocycles. The van der Waals surface area contributed by atoms with E-state index in [4.69, 9.17) is 4.42 Å². The molecule has 25 heavy (non-hydrogen) atoms. The lowest BCUT2D eigenvalue weighted by Gasteiger charge is -2.16. The van der Waals surface area contributed by atoms with Gasteiger partial charge in [0.2, 0.25) is 5.91 Å². The molecule has 0 unspecified atom stereocenters. The molecule has 0 atom stereocenters. The summed E-state index contributed by atoms with van der Waals surface area (Å²) in [7, 11) is 3.55. The van der Waals surface area contributed by atoms with E-state index in [-0.39, 0.29) is 29.6 Å². The minimum atomic E-state index is -0.582. The van der Waals surface area contributed by atoms with Gasteiger partial charge in [-0.1, -0.05) is 0 Å². The number of oxazole rings is 1. The van der Waals surface area contributed by atoms with Crippen LogP contribution < -0.4 is 11.1 Å². The summed E-state index contributed by atoms with van der Waals surface area (Å²) >= 11 is 0. The number of amides is 1. The van der Waals surface area contributed by atoms with Crippen molar-refractivity contribution in [1.82, 2.24) is 14.8 Å². The fourth-order valence-corrected chi connectivity index (χ4v) is 2.36. The highest BCUT2D eigenvalue weighted by molar-refractivity contribution is 5.85. The molecule has 0 saturated heterocycles. The van der Waals surface area contributed by atoms with E-state index in [1.54, 1.807) is 11.9 Å². The van der Waals surface area contributed by atoms with Gasteiger partial charge in [-0.25, -0.2) is 4.79 Å². The van der Waals surface area contributed by atoms with Crippen LogP contribution in [0.4, 0.5) is 5.69 Å². The van der Waals surface area contributed by atoms with Crippen molar-refractivity contribution in [1.29, 1.82) is 0 Å². The van der Waals surface area contributed by atoms with E-state index in [1.165, 1.54) is 22.8 Å². The van der Waals surface area contributed by atoms with Crippen LogP contribution in [0.5, 0.6) is 0 Å². The smallest absolute Gasteiger partial charge is 0.407 e. The first-order valence-electron chi connectivity index (χ1n) is 7.60. The maximum atomic E-state index is 12.0. The van der Waals surface area contributed by atoms with Gasteiger partial charge < -0.3 is 14.6 Å². The van der Waals surface area contributed by atoms with Crippen molar-refractivity contribution in [2.45, 2.75) is 19.4 Å². The van der Waals surface area contributed by atoms with Crippen LogP contribution in [0.25, 0.3) is 11.1 Å². The largest absolute Gasteiger partial charge is 0.419 e. The van der Waals surface area contributed by atoms with Crippen molar-refractivity contribution in [3.05, 3.63) is 38.9 Å². The second kappa shape index (κ2) is 9.19. The lowest BCUT2D eigenvalue weighted by molar-refractivity contribution is -0.384. The fraction of sp³-hybridized carbons (Fsp3) is 0.467. The molecule has 138 valence electrons. The van der Waals surface area contributed by atoms with Crippen molar-refractivity contribution in [3.8, 4) is 0 Å². The standard InChI is InChI=1S/C15H20N4O5.ClH/c1-16-7-9-17(2)14(20)4-3-8-18-12-6-5-11(19(22)23)10-13(12)24-15(18)21;/h5-6,10,16H,3-4,7-9H2,1-2H3;1H. The summed E-state index contributed by atoms with van der Waals surface area (Å²) in [6.07, 6.45) is 0.792. The molecule has 1 aromatic heterocycles. The highest BCUT2D eigenvalue weighted by Crippen LogP contribution is 2.20. The van der Waals surface area contributed by atoms with Crippen LogP contribution in [0, 0.1) is 10.1 Å². The second-order valence-corrected chi connectivity index (χ2v) is 5.45. The van der Waals surface area contributed by atoms with Crippen LogP contribution in [0.1, 0.15) is 12.8 Å². The third-order valence-electron chi connectivity index (χ3n) is 3.76. The summed E-state index contributed by atoms with van der Waals surface area (Å²) in [5.41, 5.74) is 0.526. The predicted molar refractivity (Wildman–Crippen MR) is 95.2 cm³/mol. The third-order valence-corrected chi connectivity index (χ3v) is 3.76. The Hall–Kier alpha value is -2.39. The van der Waals surface area contributed by atoms with Gasteiger partial charge in [0.05, 0.1) is 16.5 Å². The molecule has 1 amide bonds. The number of halogens is 1. The number of benzene rings is 1. The number of nitro benzene ring substituents is 1. The molecule has 0 fully saturated rings. The van der Waals surface area contributed by atoms with Crippen LogP contribution in [0.2, 0.25) is 0 Å². The molecule has 0 bridgehead atoms. The van der Waals surface area contributed by atoms with Crippen molar-refractivity contribution in [3.63, 3.8) is 0 Å². The zero-order valence-electron chi connectivity index (χ0n) is 14.1. The molecule has 10 heteroatoms. The third kappa shape index (κ3) is 5.04. The monoisotopic (exact) mass is 372 g/mol. The summed E-state index contributed by atoms with van der Waals surface area (Å²) in [4.78, 5) is 35.7. The number of non-ortho nitro benzene ring substituents is 1. The van der Waals surface area contributed by atoms with Gasteiger partial charge in [-0.2, -0.15) is 0 Å². The average molecular weight is 373 g/mol. The van der Waals surface area contributed by atoms with E-state index in [0.29, 0.717) is 38.0 Å². The van der Waals surface area contributed by atoms with Gasteiger partial charge in [-0.15, -0.1) is 12.4 Å². The molecule has 2 rings (SSSR count). The van der Waals surface area contributed by atoms with Gasteiger partial charge in [-0.05, 0) is 19.5 Å². The lowest BCUT2D eigenvalue weighted by atomic mass is 10.2. The number of hydrogen-bond donors (Lipinski definition) is 1. The van der Waals surface area contributed by atoms with E-state index in [2.05, 4.69) is 5.32 Å². The molecule has 0 aliphatic heterocycles. The molecular weight excluding hydrogens is 352 g/mol. The molecule has 0 spiro atoms. The molecular formula is C15H21ClN4O5. The van der Waals surface area contributed by atoms with Gasteiger partial charge >= 0.3 is 5.76 Å². The number of fused-ring (bicyclic) bond motifs is 1. The zero-order chi connectivity index (χ0) is 17.7. The van der Waals surface area contributed by atoms with Crippen molar-refractivity contribution >= 4 is 35.1 Å².